The quantitative estimate of drug-likeness (QED) is 0.376. The summed E-state index contributed by atoms with van der Waals surface area (Å²) in [4.78, 5) is 12.7. The molecular weight excluding hydrogens is 469 g/mol. The number of hydrazone groups is 1. The minimum atomic E-state index is -3.99. The molecular formula is C23H21Cl2N3O3S. The van der Waals surface area contributed by atoms with Gasteiger partial charge in [0, 0.05) is 5.56 Å². The van der Waals surface area contributed by atoms with Crippen molar-refractivity contribution in [3.63, 3.8) is 0 Å². The summed E-state index contributed by atoms with van der Waals surface area (Å²) in [5.74, 6) is -0.624. The number of benzene rings is 3. The highest BCUT2D eigenvalue weighted by molar-refractivity contribution is 7.92. The third-order valence-corrected chi connectivity index (χ3v) is 7.02. The number of amides is 1. The summed E-state index contributed by atoms with van der Waals surface area (Å²) in [7, 11) is -3.99. The van der Waals surface area contributed by atoms with Crippen LogP contribution in [0.1, 0.15) is 16.7 Å². The number of rotatable bonds is 7. The molecule has 1 amide bonds. The van der Waals surface area contributed by atoms with Gasteiger partial charge < -0.3 is 0 Å². The van der Waals surface area contributed by atoms with E-state index in [2.05, 4.69) is 10.5 Å². The summed E-state index contributed by atoms with van der Waals surface area (Å²) in [6, 6.07) is 18.3. The van der Waals surface area contributed by atoms with E-state index in [1.807, 2.05) is 19.9 Å². The summed E-state index contributed by atoms with van der Waals surface area (Å²) >= 11 is 12.2. The molecule has 0 spiro atoms. The van der Waals surface area contributed by atoms with Gasteiger partial charge in [-0.1, -0.05) is 59.1 Å². The van der Waals surface area contributed by atoms with Crippen LogP contribution in [0.3, 0.4) is 0 Å². The van der Waals surface area contributed by atoms with Crippen molar-refractivity contribution in [2.24, 2.45) is 5.10 Å². The predicted octanol–water partition coefficient (Wildman–Crippen LogP) is 4.96. The number of sulfonamides is 1. The first-order valence-electron chi connectivity index (χ1n) is 9.60. The van der Waals surface area contributed by atoms with Crippen LogP contribution in [0.2, 0.25) is 10.0 Å². The Morgan fingerprint density at radius 3 is 2.22 bits per heavy atom. The first-order valence-corrected chi connectivity index (χ1v) is 11.8. The molecule has 0 aliphatic heterocycles. The van der Waals surface area contributed by atoms with E-state index < -0.39 is 22.5 Å². The Labute approximate surface area is 197 Å². The highest BCUT2D eigenvalue weighted by Crippen LogP contribution is 2.25. The van der Waals surface area contributed by atoms with E-state index in [0.717, 1.165) is 15.4 Å². The topological polar surface area (TPSA) is 78.8 Å². The third kappa shape index (κ3) is 5.68. The fourth-order valence-corrected chi connectivity index (χ4v) is 4.81. The van der Waals surface area contributed by atoms with Gasteiger partial charge >= 0.3 is 0 Å². The molecule has 166 valence electrons. The predicted molar refractivity (Wildman–Crippen MR) is 129 cm³/mol. The zero-order valence-electron chi connectivity index (χ0n) is 17.4. The molecule has 0 aliphatic carbocycles. The molecule has 0 unspecified atom stereocenters. The lowest BCUT2D eigenvalue weighted by Crippen LogP contribution is -2.39. The van der Waals surface area contributed by atoms with Crippen LogP contribution < -0.4 is 9.73 Å². The van der Waals surface area contributed by atoms with Crippen molar-refractivity contribution >= 4 is 51.0 Å². The van der Waals surface area contributed by atoms with Crippen molar-refractivity contribution in [2.45, 2.75) is 18.7 Å². The average Bonchev–Trinajstić information content (AvgIpc) is 2.74. The zero-order chi connectivity index (χ0) is 23.3. The average molecular weight is 490 g/mol. The zero-order valence-corrected chi connectivity index (χ0v) is 19.7. The maximum Gasteiger partial charge on any atom is 0.264 e. The smallest absolute Gasteiger partial charge is 0.264 e. The highest BCUT2D eigenvalue weighted by Gasteiger charge is 2.27. The second-order valence-electron chi connectivity index (χ2n) is 7.09. The number of halogens is 2. The first-order chi connectivity index (χ1) is 15.2. The third-order valence-electron chi connectivity index (χ3n) is 4.57. The molecule has 0 radical (unpaired) electrons. The molecule has 0 atom stereocenters. The van der Waals surface area contributed by atoms with Gasteiger partial charge in [-0.05, 0) is 55.8 Å². The van der Waals surface area contributed by atoms with E-state index in [0.29, 0.717) is 21.3 Å². The molecule has 0 heterocycles. The highest BCUT2D eigenvalue weighted by atomic mass is 35.5. The summed E-state index contributed by atoms with van der Waals surface area (Å²) < 4.78 is 27.7. The van der Waals surface area contributed by atoms with Crippen LogP contribution in [0.15, 0.2) is 76.7 Å². The molecule has 3 aromatic rings. The number of carbonyl (C=O) groups is 1. The molecule has 3 rings (SSSR count). The molecule has 0 aliphatic rings. The van der Waals surface area contributed by atoms with E-state index in [4.69, 9.17) is 23.2 Å². The van der Waals surface area contributed by atoms with E-state index in [1.165, 1.54) is 18.3 Å². The van der Waals surface area contributed by atoms with Crippen LogP contribution in [0, 0.1) is 13.8 Å². The van der Waals surface area contributed by atoms with Crippen molar-refractivity contribution in [3.05, 3.63) is 93.5 Å². The van der Waals surface area contributed by atoms with Gasteiger partial charge in [-0.2, -0.15) is 5.10 Å². The van der Waals surface area contributed by atoms with E-state index in [9.17, 15) is 13.2 Å². The van der Waals surface area contributed by atoms with Crippen molar-refractivity contribution in [2.75, 3.05) is 10.8 Å². The van der Waals surface area contributed by atoms with Crippen LogP contribution in [0.25, 0.3) is 0 Å². The Hall–Kier alpha value is -2.87. The number of hydrogen-bond donors (Lipinski definition) is 1. The van der Waals surface area contributed by atoms with Crippen LogP contribution >= 0.6 is 23.2 Å². The number of aryl methyl sites for hydroxylation is 2. The second kappa shape index (κ2) is 10.2. The van der Waals surface area contributed by atoms with Crippen molar-refractivity contribution in [1.29, 1.82) is 0 Å². The SMILES string of the molecule is Cc1ccc(S(=O)(=O)N(CC(=O)N/N=C\c2c(Cl)cccc2Cl)c2cccc(C)c2)cc1. The first kappa shape index (κ1) is 23.8. The molecule has 0 saturated carbocycles. The van der Waals surface area contributed by atoms with Gasteiger partial charge in [0.05, 0.1) is 26.8 Å². The number of nitrogens with one attached hydrogen (secondary N) is 1. The van der Waals surface area contributed by atoms with Gasteiger partial charge in [-0.15, -0.1) is 0 Å². The van der Waals surface area contributed by atoms with E-state index in [-0.39, 0.29) is 4.90 Å². The molecule has 0 bridgehead atoms. The van der Waals surface area contributed by atoms with Crippen LogP contribution in [0.5, 0.6) is 0 Å². The Morgan fingerprint density at radius 2 is 1.59 bits per heavy atom. The maximum atomic E-state index is 13.3. The van der Waals surface area contributed by atoms with Gasteiger partial charge in [0.1, 0.15) is 6.54 Å². The van der Waals surface area contributed by atoms with Gasteiger partial charge in [-0.25, -0.2) is 13.8 Å². The van der Waals surface area contributed by atoms with Crippen molar-refractivity contribution < 1.29 is 13.2 Å². The summed E-state index contributed by atoms with van der Waals surface area (Å²) in [6.07, 6.45) is 1.31. The number of anilines is 1. The molecule has 6 nitrogen and oxygen atoms in total. The number of carbonyl (C=O) groups excluding carboxylic acids is 1. The van der Waals surface area contributed by atoms with Gasteiger partial charge in [0.25, 0.3) is 15.9 Å². The standard InChI is InChI=1S/C23H21Cl2N3O3S/c1-16-9-11-19(12-10-16)32(30,31)28(18-6-3-5-17(2)13-18)15-23(29)27-26-14-20-21(24)7-4-8-22(20)25/h3-14H,15H2,1-2H3,(H,27,29)/b26-14-. The number of hydrogen-bond acceptors (Lipinski definition) is 4. The van der Waals surface area contributed by atoms with Gasteiger partial charge in [0.2, 0.25) is 0 Å². The van der Waals surface area contributed by atoms with Crippen LogP contribution in [-0.2, 0) is 14.8 Å². The van der Waals surface area contributed by atoms with E-state index >= 15 is 0 Å². The van der Waals surface area contributed by atoms with E-state index in [1.54, 1.807) is 48.5 Å². The van der Waals surface area contributed by atoms with Crippen LogP contribution in [0.4, 0.5) is 5.69 Å². The second-order valence-corrected chi connectivity index (χ2v) is 9.77. The Morgan fingerprint density at radius 1 is 0.969 bits per heavy atom. The van der Waals surface area contributed by atoms with Crippen LogP contribution in [-0.4, -0.2) is 27.1 Å². The van der Waals surface area contributed by atoms with Crippen molar-refractivity contribution in [3.8, 4) is 0 Å². The fraction of sp³-hybridized carbons (Fsp3) is 0.130. The molecule has 0 fully saturated rings. The lowest BCUT2D eigenvalue weighted by Gasteiger charge is -2.24. The lowest BCUT2D eigenvalue weighted by molar-refractivity contribution is -0.119. The maximum absolute atomic E-state index is 13.3. The fourth-order valence-electron chi connectivity index (χ4n) is 2.90. The molecule has 1 N–H and O–H groups in total. The molecule has 32 heavy (non-hydrogen) atoms. The van der Waals surface area contributed by atoms with Gasteiger partial charge in [0.15, 0.2) is 0 Å². The molecule has 0 aromatic heterocycles. The summed E-state index contributed by atoms with van der Waals surface area (Å²) in [5.41, 5.74) is 4.94. The normalized spacial score (nSPS) is 11.5. The lowest BCUT2D eigenvalue weighted by atomic mass is 10.2. The summed E-state index contributed by atoms with van der Waals surface area (Å²) in [5, 5.41) is 4.63. The Bertz CT molecular complexity index is 1240. The van der Waals surface area contributed by atoms with Gasteiger partial charge in [-0.3, -0.25) is 9.10 Å². The minimum Gasteiger partial charge on any atom is -0.271 e. The molecule has 3 aromatic carbocycles. The molecule has 9 heteroatoms. The molecule has 0 saturated heterocycles. The number of nitrogens with zero attached hydrogens (tertiary/aromatic N) is 2. The summed E-state index contributed by atoms with van der Waals surface area (Å²) in [6.45, 7) is 3.25. The monoisotopic (exact) mass is 489 g/mol. The van der Waals surface area contributed by atoms with Crippen molar-refractivity contribution in [1.82, 2.24) is 5.43 Å². The largest absolute Gasteiger partial charge is 0.271 e. The Balaban J connectivity index is 1.87. The Kier molecular flexibility index (Phi) is 7.56. The minimum absolute atomic E-state index is 0.0868.